The quantitative estimate of drug-likeness (QED) is 0.141. The number of nitrogens with zero attached hydrogens (tertiary/aromatic N) is 5. The van der Waals surface area contributed by atoms with Crippen molar-refractivity contribution in [1.29, 1.82) is 0 Å². The van der Waals surface area contributed by atoms with Gasteiger partial charge in [-0.2, -0.15) is 0 Å². The van der Waals surface area contributed by atoms with Gasteiger partial charge in [0, 0.05) is 77.8 Å². The highest BCUT2D eigenvalue weighted by Crippen LogP contribution is 2.32. The van der Waals surface area contributed by atoms with Gasteiger partial charge in [-0.15, -0.1) is 22.7 Å². The number of thiophene rings is 2. The molecule has 14 heteroatoms. The maximum absolute atomic E-state index is 13.3. The fourth-order valence-electron chi connectivity index (χ4n) is 5.76. The number of pyridine rings is 1. The Labute approximate surface area is 313 Å². The Kier molecular flexibility index (Phi) is 10.3. The Morgan fingerprint density at radius 3 is 2.28 bits per heavy atom. The molecule has 0 aliphatic carbocycles. The number of rotatable bonds is 9. The molecule has 12 nitrogen and oxygen atoms in total. The maximum Gasteiger partial charge on any atom is 0.265 e. The van der Waals surface area contributed by atoms with E-state index in [-0.39, 0.29) is 23.3 Å². The van der Waals surface area contributed by atoms with Gasteiger partial charge >= 0.3 is 0 Å². The molecular weight excluding hydrogens is 709 g/mol. The average Bonchev–Trinajstić information content (AvgIpc) is 3.90. The van der Waals surface area contributed by atoms with E-state index in [4.69, 9.17) is 4.98 Å². The van der Waals surface area contributed by atoms with E-state index in [9.17, 15) is 19.2 Å². The molecule has 6 aromatic rings. The van der Waals surface area contributed by atoms with Crippen molar-refractivity contribution in [3.63, 3.8) is 0 Å². The highest BCUT2D eigenvalue weighted by Gasteiger charge is 2.23. The van der Waals surface area contributed by atoms with Crippen LogP contribution in [0.2, 0.25) is 0 Å². The van der Waals surface area contributed by atoms with Crippen LogP contribution in [0.1, 0.15) is 42.9 Å². The molecule has 1 fully saturated rings. The lowest BCUT2D eigenvalue weighted by molar-refractivity contribution is -0.130. The Balaban J connectivity index is 0.980. The molecule has 2 aromatic carbocycles. The maximum atomic E-state index is 13.3. The number of hydrogen-bond donors (Lipinski definition) is 3. The Morgan fingerprint density at radius 1 is 0.755 bits per heavy atom. The summed E-state index contributed by atoms with van der Waals surface area (Å²) in [6.07, 6.45) is 4.59. The zero-order chi connectivity index (χ0) is 36.9. The third-order valence-electron chi connectivity index (χ3n) is 8.69. The van der Waals surface area contributed by atoms with Crippen LogP contribution in [0.25, 0.3) is 21.0 Å². The predicted molar refractivity (Wildman–Crippen MR) is 208 cm³/mol. The molecule has 0 saturated carbocycles. The number of amides is 4. The SMILES string of the molecule is CC(=O)N1CCN(C(=O)c2ccc(-c3ccnc(Nc4cc(NC(=O)c5cncc(NC(=O)c6ccc(-c7cccs7)s6)c5)ccc4C)n3)cc2)CC1. The second-order valence-corrected chi connectivity index (χ2v) is 14.3. The monoisotopic (exact) mass is 742 g/mol. The van der Waals surface area contributed by atoms with Crippen LogP contribution < -0.4 is 16.0 Å². The summed E-state index contributed by atoms with van der Waals surface area (Å²) >= 11 is 3.02. The van der Waals surface area contributed by atoms with Gasteiger partial charge in [0.25, 0.3) is 17.7 Å². The topological polar surface area (TPSA) is 150 Å². The minimum atomic E-state index is -0.391. The normalized spacial score (nSPS) is 12.6. The number of aryl methyl sites for hydroxylation is 1. The lowest BCUT2D eigenvalue weighted by atomic mass is 10.1. The number of aromatic nitrogens is 3. The zero-order valence-electron chi connectivity index (χ0n) is 28.8. The molecule has 1 aliphatic rings. The van der Waals surface area contributed by atoms with Crippen molar-refractivity contribution in [2.45, 2.75) is 13.8 Å². The number of nitrogens with one attached hydrogen (secondary N) is 3. The van der Waals surface area contributed by atoms with E-state index in [0.717, 1.165) is 20.9 Å². The smallest absolute Gasteiger partial charge is 0.265 e. The lowest BCUT2D eigenvalue weighted by Gasteiger charge is -2.34. The molecule has 0 spiro atoms. The number of benzene rings is 2. The second-order valence-electron chi connectivity index (χ2n) is 12.3. The fraction of sp³-hybridized carbons (Fsp3) is 0.154. The van der Waals surface area contributed by atoms with Crippen molar-refractivity contribution in [1.82, 2.24) is 24.8 Å². The summed E-state index contributed by atoms with van der Waals surface area (Å²) in [5.41, 5.74) is 4.88. The first-order valence-electron chi connectivity index (χ1n) is 16.8. The molecule has 0 radical (unpaired) electrons. The number of carbonyl (C=O) groups excluding carboxylic acids is 4. The fourth-order valence-corrected chi connectivity index (χ4v) is 7.50. The van der Waals surface area contributed by atoms with Crippen LogP contribution in [-0.4, -0.2) is 74.6 Å². The van der Waals surface area contributed by atoms with Crippen LogP contribution >= 0.6 is 22.7 Å². The van der Waals surface area contributed by atoms with Crippen LogP contribution in [-0.2, 0) is 4.79 Å². The van der Waals surface area contributed by atoms with E-state index < -0.39 is 5.91 Å². The molecule has 7 rings (SSSR count). The first-order valence-corrected chi connectivity index (χ1v) is 18.5. The van der Waals surface area contributed by atoms with Crippen LogP contribution in [0.3, 0.4) is 0 Å². The van der Waals surface area contributed by atoms with E-state index in [1.807, 2.05) is 48.7 Å². The Morgan fingerprint density at radius 2 is 1.53 bits per heavy atom. The molecule has 3 N–H and O–H groups in total. The van der Waals surface area contributed by atoms with Gasteiger partial charge in [-0.25, -0.2) is 9.97 Å². The highest BCUT2D eigenvalue weighted by atomic mass is 32.1. The van der Waals surface area contributed by atoms with Crippen molar-refractivity contribution in [3.8, 4) is 21.0 Å². The average molecular weight is 743 g/mol. The molecule has 0 atom stereocenters. The minimum Gasteiger partial charge on any atom is -0.339 e. The van der Waals surface area contributed by atoms with Crippen molar-refractivity contribution in [2.75, 3.05) is 42.1 Å². The van der Waals surface area contributed by atoms with E-state index in [0.29, 0.717) is 65.3 Å². The van der Waals surface area contributed by atoms with E-state index in [1.165, 1.54) is 23.7 Å². The number of piperazine rings is 1. The van der Waals surface area contributed by atoms with Crippen LogP contribution in [0.5, 0.6) is 0 Å². The van der Waals surface area contributed by atoms with Crippen LogP contribution in [0, 0.1) is 6.92 Å². The summed E-state index contributed by atoms with van der Waals surface area (Å²) in [4.78, 5) is 70.3. The van der Waals surface area contributed by atoms with Gasteiger partial charge < -0.3 is 25.8 Å². The Hall–Kier alpha value is -6.25. The zero-order valence-corrected chi connectivity index (χ0v) is 30.5. The largest absolute Gasteiger partial charge is 0.339 e. The first-order chi connectivity index (χ1) is 25.7. The molecule has 266 valence electrons. The number of anilines is 4. The van der Waals surface area contributed by atoms with Crippen LogP contribution in [0.15, 0.2) is 103 Å². The summed E-state index contributed by atoms with van der Waals surface area (Å²) < 4.78 is 0. The summed E-state index contributed by atoms with van der Waals surface area (Å²) in [5, 5.41) is 11.0. The summed E-state index contributed by atoms with van der Waals surface area (Å²) in [5.74, 6) is -0.355. The van der Waals surface area contributed by atoms with Crippen molar-refractivity contribution in [3.05, 3.63) is 124 Å². The molecule has 1 saturated heterocycles. The lowest BCUT2D eigenvalue weighted by Crippen LogP contribution is -2.50. The summed E-state index contributed by atoms with van der Waals surface area (Å²) in [7, 11) is 0. The van der Waals surface area contributed by atoms with Gasteiger partial charge in [0.15, 0.2) is 0 Å². The molecular formula is C39H34N8O4S2. The van der Waals surface area contributed by atoms with E-state index in [1.54, 1.807) is 76.7 Å². The van der Waals surface area contributed by atoms with Crippen molar-refractivity contribution < 1.29 is 19.2 Å². The van der Waals surface area contributed by atoms with Gasteiger partial charge in [0.2, 0.25) is 11.9 Å². The standard InChI is InChI=1S/C39H34N8O4S2/c1-24-5-10-29(42-36(49)28-20-30(23-40-22-28)43-37(50)35-12-11-34(53-35)33-4-3-19-52-33)21-32(24)45-39-41-14-13-31(44-39)26-6-8-27(9-7-26)38(51)47-17-15-46(16-18-47)25(2)48/h3-14,19-23H,15-18H2,1-2H3,(H,42,49)(H,43,50)(H,41,44,45). The molecule has 1 aliphatic heterocycles. The third kappa shape index (κ3) is 8.29. The highest BCUT2D eigenvalue weighted by molar-refractivity contribution is 7.22. The van der Waals surface area contributed by atoms with Crippen molar-refractivity contribution in [2.24, 2.45) is 0 Å². The van der Waals surface area contributed by atoms with Gasteiger partial charge in [-0.05, 0) is 72.5 Å². The minimum absolute atomic E-state index is 0.0210. The number of hydrogen-bond acceptors (Lipinski definition) is 10. The van der Waals surface area contributed by atoms with E-state index in [2.05, 4.69) is 25.9 Å². The summed E-state index contributed by atoms with van der Waals surface area (Å²) in [6, 6.07) is 23.8. The summed E-state index contributed by atoms with van der Waals surface area (Å²) in [6.45, 7) is 5.55. The molecule has 4 amide bonds. The Bertz CT molecular complexity index is 2300. The predicted octanol–water partition coefficient (Wildman–Crippen LogP) is 7.19. The van der Waals surface area contributed by atoms with Gasteiger partial charge in [-0.3, -0.25) is 24.2 Å². The number of carbonyl (C=O) groups is 4. The molecule has 0 bridgehead atoms. The van der Waals surface area contributed by atoms with Gasteiger partial charge in [-0.1, -0.05) is 24.3 Å². The van der Waals surface area contributed by atoms with Crippen LogP contribution in [0.4, 0.5) is 23.0 Å². The molecule has 0 unspecified atom stereocenters. The van der Waals surface area contributed by atoms with Crippen molar-refractivity contribution >= 4 is 69.3 Å². The second kappa shape index (κ2) is 15.6. The van der Waals surface area contributed by atoms with Gasteiger partial charge in [0.05, 0.1) is 28.0 Å². The first kappa shape index (κ1) is 35.2. The molecule has 5 heterocycles. The molecule has 4 aromatic heterocycles. The van der Waals surface area contributed by atoms with E-state index >= 15 is 0 Å². The van der Waals surface area contributed by atoms with Gasteiger partial charge in [0.1, 0.15) is 0 Å². The third-order valence-corrected chi connectivity index (χ3v) is 10.8. The molecule has 53 heavy (non-hydrogen) atoms.